The van der Waals surface area contributed by atoms with Gasteiger partial charge in [0.1, 0.15) is 0 Å². The summed E-state index contributed by atoms with van der Waals surface area (Å²) in [5.41, 5.74) is 1.03. The molecule has 4 nitrogen and oxygen atoms in total. The maximum absolute atomic E-state index is 11.0. The van der Waals surface area contributed by atoms with Crippen LogP contribution in [-0.4, -0.2) is 17.5 Å². The zero-order chi connectivity index (χ0) is 12.8. The van der Waals surface area contributed by atoms with Crippen molar-refractivity contribution in [3.05, 3.63) is 39.9 Å². The summed E-state index contributed by atoms with van der Waals surface area (Å²) in [6.45, 7) is 7.07. The van der Waals surface area contributed by atoms with E-state index in [1.807, 2.05) is 19.1 Å². The quantitative estimate of drug-likeness (QED) is 0.610. The molecule has 1 aromatic rings. The van der Waals surface area contributed by atoms with Crippen molar-refractivity contribution in [2.75, 3.05) is 6.54 Å². The van der Waals surface area contributed by atoms with Crippen molar-refractivity contribution in [2.24, 2.45) is 0 Å². The van der Waals surface area contributed by atoms with Gasteiger partial charge < -0.3 is 5.32 Å². The molecule has 0 heterocycles. The lowest BCUT2D eigenvalue weighted by atomic mass is 9.90. The molecule has 0 aromatic heterocycles. The maximum atomic E-state index is 11.0. The van der Waals surface area contributed by atoms with Gasteiger partial charge in [-0.3, -0.25) is 10.1 Å². The van der Waals surface area contributed by atoms with Crippen LogP contribution in [0.2, 0.25) is 0 Å². The highest BCUT2D eigenvalue weighted by molar-refractivity contribution is 5.42. The highest BCUT2D eigenvalue weighted by Crippen LogP contribution is 2.29. The number of rotatable bonds is 6. The van der Waals surface area contributed by atoms with Gasteiger partial charge in [-0.15, -0.1) is 0 Å². The second-order valence-corrected chi connectivity index (χ2v) is 4.18. The largest absolute Gasteiger partial charge is 0.314 e. The van der Waals surface area contributed by atoms with Crippen molar-refractivity contribution in [3.63, 3.8) is 0 Å². The van der Waals surface area contributed by atoms with Gasteiger partial charge in [-0.2, -0.15) is 0 Å². The molecule has 0 radical (unpaired) electrons. The fourth-order valence-corrected chi connectivity index (χ4v) is 2.19. The second-order valence-electron chi connectivity index (χ2n) is 4.18. The van der Waals surface area contributed by atoms with Crippen LogP contribution in [0.15, 0.2) is 24.3 Å². The van der Waals surface area contributed by atoms with Crippen molar-refractivity contribution in [1.82, 2.24) is 5.32 Å². The Morgan fingerprint density at radius 3 is 2.53 bits per heavy atom. The van der Waals surface area contributed by atoms with Crippen molar-refractivity contribution in [3.8, 4) is 0 Å². The fraction of sp³-hybridized carbons (Fsp3) is 0.538. The Balaban J connectivity index is 3.01. The van der Waals surface area contributed by atoms with Crippen LogP contribution in [0.3, 0.4) is 0 Å². The highest BCUT2D eigenvalue weighted by Gasteiger charge is 2.23. The Hall–Kier alpha value is -1.42. The molecule has 0 spiro atoms. The van der Waals surface area contributed by atoms with Gasteiger partial charge in [0.15, 0.2) is 0 Å². The van der Waals surface area contributed by atoms with Crippen molar-refractivity contribution < 1.29 is 4.92 Å². The molecule has 0 amide bonds. The number of likely N-dealkylation sites (N-methyl/N-ethyl adjacent to an activating group) is 1. The van der Waals surface area contributed by atoms with Crippen molar-refractivity contribution >= 4 is 5.69 Å². The molecule has 94 valence electrons. The Morgan fingerprint density at radius 1 is 1.35 bits per heavy atom. The summed E-state index contributed by atoms with van der Waals surface area (Å²) in [5.74, 6) is 0.140. The van der Waals surface area contributed by atoms with E-state index in [9.17, 15) is 10.1 Å². The molecule has 0 aliphatic carbocycles. The summed E-state index contributed by atoms with van der Waals surface area (Å²) in [4.78, 5) is 10.7. The third-order valence-electron chi connectivity index (χ3n) is 3.13. The van der Waals surface area contributed by atoms with E-state index in [4.69, 9.17) is 0 Å². The Labute approximate surface area is 102 Å². The van der Waals surface area contributed by atoms with E-state index in [-0.39, 0.29) is 22.6 Å². The predicted molar refractivity (Wildman–Crippen MR) is 69.3 cm³/mol. The number of nitrogens with zero attached hydrogens (tertiary/aromatic N) is 1. The van der Waals surface area contributed by atoms with Crippen molar-refractivity contribution in [1.29, 1.82) is 0 Å². The van der Waals surface area contributed by atoms with E-state index in [1.165, 1.54) is 0 Å². The van der Waals surface area contributed by atoms with E-state index in [0.717, 1.165) is 18.5 Å². The standard InChI is InChI=1S/C13H20N2O2/c1-4-12(14-5-2)10(3)11-8-6-7-9-13(11)15(16)17/h6-10,12,14H,4-5H2,1-3H3. The molecule has 1 N–H and O–H groups in total. The molecule has 2 atom stereocenters. The Kier molecular flexibility index (Phi) is 5.10. The van der Waals surface area contributed by atoms with Gasteiger partial charge in [0, 0.05) is 23.6 Å². The normalized spacial score (nSPS) is 14.3. The van der Waals surface area contributed by atoms with Gasteiger partial charge in [0.05, 0.1) is 4.92 Å². The zero-order valence-electron chi connectivity index (χ0n) is 10.6. The van der Waals surface area contributed by atoms with Crippen molar-refractivity contribution in [2.45, 2.75) is 39.2 Å². The van der Waals surface area contributed by atoms with Gasteiger partial charge in [-0.25, -0.2) is 0 Å². The molecular weight excluding hydrogens is 216 g/mol. The zero-order valence-corrected chi connectivity index (χ0v) is 10.6. The van der Waals surface area contributed by atoms with Gasteiger partial charge >= 0.3 is 0 Å². The van der Waals surface area contributed by atoms with Gasteiger partial charge in [0.25, 0.3) is 5.69 Å². The van der Waals surface area contributed by atoms with Crippen LogP contribution in [-0.2, 0) is 0 Å². The summed E-state index contributed by atoms with van der Waals surface area (Å²) in [6, 6.07) is 7.27. The monoisotopic (exact) mass is 236 g/mol. The SMILES string of the molecule is CCNC(CC)C(C)c1ccccc1[N+](=O)[O-]. The average Bonchev–Trinajstić information content (AvgIpc) is 2.35. The first-order chi connectivity index (χ1) is 8.11. The van der Waals surface area contributed by atoms with Gasteiger partial charge in [-0.1, -0.05) is 39.0 Å². The number of nitrogens with one attached hydrogen (secondary N) is 1. The first-order valence-electron chi connectivity index (χ1n) is 6.08. The topological polar surface area (TPSA) is 55.2 Å². The fourth-order valence-electron chi connectivity index (χ4n) is 2.19. The number of para-hydroxylation sites is 1. The molecular formula is C13H20N2O2. The van der Waals surface area contributed by atoms with E-state index in [1.54, 1.807) is 12.1 Å². The van der Waals surface area contributed by atoms with Crippen LogP contribution in [0.25, 0.3) is 0 Å². The molecule has 17 heavy (non-hydrogen) atoms. The molecule has 0 aliphatic heterocycles. The summed E-state index contributed by atoms with van der Waals surface area (Å²) in [6.07, 6.45) is 0.959. The summed E-state index contributed by atoms with van der Waals surface area (Å²) >= 11 is 0. The molecule has 0 bridgehead atoms. The first kappa shape index (κ1) is 13.6. The van der Waals surface area contributed by atoms with Crippen LogP contribution in [0.4, 0.5) is 5.69 Å². The van der Waals surface area contributed by atoms with Crippen LogP contribution >= 0.6 is 0 Å². The third-order valence-corrected chi connectivity index (χ3v) is 3.13. The summed E-state index contributed by atoms with van der Waals surface area (Å²) in [7, 11) is 0. The molecule has 0 saturated carbocycles. The lowest BCUT2D eigenvalue weighted by Gasteiger charge is -2.23. The number of nitro groups is 1. The second kappa shape index (κ2) is 6.35. The Bertz CT molecular complexity index is 379. The highest BCUT2D eigenvalue weighted by atomic mass is 16.6. The molecule has 2 unspecified atom stereocenters. The number of nitro benzene ring substituents is 1. The van der Waals surface area contributed by atoms with Crippen LogP contribution < -0.4 is 5.32 Å². The molecule has 1 rings (SSSR count). The van der Waals surface area contributed by atoms with Gasteiger partial charge in [-0.05, 0) is 13.0 Å². The summed E-state index contributed by atoms with van der Waals surface area (Å²) in [5, 5.41) is 14.4. The maximum Gasteiger partial charge on any atom is 0.272 e. The molecule has 4 heteroatoms. The molecule has 0 aliphatic rings. The average molecular weight is 236 g/mol. The molecule has 0 saturated heterocycles. The smallest absolute Gasteiger partial charge is 0.272 e. The summed E-state index contributed by atoms with van der Waals surface area (Å²) < 4.78 is 0. The van der Waals surface area contributed by atoms with E-state index in [2.05, 4.69) is 19.2 Å². The number of hydrogen-bond donors (Lipinski definition) is 1. The van der Waals surface area contributed by atoms with Crippen LogP contribution in [0, 0.1) is 10.1 Å². The van der Waals surface area contributed by atoms with Crippen LogP contribution in [0.5, 0.6) is 0 Å². The van der Waals surface area contributed by atoms with E-state index >= 15 is 0 Å². The lowest BCUT2D eigenvalue weighted by molar-refractivity contribution is -0.385. The minimum Gasteiger partial charge on any atom is -0.314 e. The minimum atomic E-state index is -0.301. The van der Waals surface area contributed by atoms with Gasteiger partial charge in [0.2, 0.25) is 0 Å². The Morgan fingerprint density at radius 2 is 2.00 bits per heavy atom. The van der Waals surface area contributed by atoms with E-state index < -0.39 is 0 Å². The number of benzene rings is 1. The van der Waals surface area contributed by atoms with E-state index in [0.29, 0.717) is 0 Å². The van der Waals surface area contributed by atoms with Crippen LogP contribution in [0.1, 0.15) is 38.7 Å². The predicted octanol–water partition coefficient (Wildman–Crippen LogP) is 3.09. The number of hydrogen-bond acceptors (Lipinski definition) is 3. The minimum absolute atomic E-state index is 0.140. The third kappa shape index (κ3) is 3.27. The first-order valence-corrected chi connectivity index (χ1v) is 6.08. The lowest BCUT2D eigenvalue weighted by Crippen LogP contribution is -2.33. The molecule has 0 fully saturated rings. The molecule has 1 aromatic carbocycles.